The maximum Gasteiger partial charge on any atom is 0.138 e. The van der Waals surface area contributed by atoms with Gasteiger partial charge in [-0.3, -0.25) is 11.3 Å². The first-order valence-corrected chi connectivity index (χ1v) is 6.56. The van der Waals surface area contributed by atoms with Gasteiger partial charge in [-0.05, 0) is 5.92 Å². The van der Waals surface area contributed by atoms with Crippen LogP contribution in [0.25, 0.3) is 0 Å². The highest BCUT2D eigenvalue weighted by atomic mass is 16.5. The van der Waals surface area contributed by atoms with Crippen molar-refractivity contribution in [1.82, 2.24) is 20.2 Å². The second-order valence-corrected chi connectivity index (χ2v) is 4.89. The van der Waals surface area contributed by atoms with E-state index in [2.05, 4.69) is 29.4 Å². The lowest BCUT2D eigenvalue weighted by molar-refractivity contribution is 0.0583. The lowest BCUT2D eigenvalue weighted by atomic mass is 10.2. The van der Waals surface area contributed by atoms with Crippen molar-refractivity contribution in [3.8, 4) is 0 Å². The summed E-state index contributed by atoms with van der Waals surface area (Å²) in [7, 11) is 1.65. The molecule has 3 N–H and O–H groups in total. The highest BCUT2D eigenvalue weighted by Gasteiger charge is 2.13. The fraction of sp³-hybridized carbons (Fsp3) is 0.833. The Bertz CT molecular complexity index is 343. The summed E-state index contributed by atoms with van der Waals surface area (Å²) in [5.74, 6) is 6.99. The van der Waals surface area contributed by atoms with Gasteiger partial charge < -0.3 is 9.47 Å². The van der Waals surface area contributed by atoms with Gasteiger partial charge in [0.05, 0.1) is 25.9 Å². The van der Waals surface area contributed by atoms with Gasteiger partial charge in [-0.25, -0.2) is 9.67 Å². The van der Waals surface area contributed by atoms with Crippen molar-refractivity contribution in [3.63, 3.8) is 0 Å². The first kappa shape index (κ1) is 16.0. The summed E-state index contributed by atoms with van der Waals surface area (Å²) in [6, 6.07) is 0.0203. The Labute approximate surface area is 114 Å². The average Bonchev–Trinajstić information content (AvgIpc) is 2.79. The van der Waals surface area contributed by atoms with Crippen molar-refractivity contribution in [2.45, 2.75) is 32.9 Å². The molecule has 0 bridgehead atoms. The molecule has 110 valence electrons. The van der Waals surface area contributed by atoms with Crippen LogP contribution in [0.3, 0.4) is 0 Å². The minimum atomic E-state index is 0.0203. The van der Waals surface area contributed by atoms with E-state index in [0.29, 0.717) is 32.2 Å². The van der Waals surface area contributed by atoms with E-state index in [0.717, 1.165) is 12.4 Å². The fourth-order valence-corrected chi connectivity index (χ4v) is 1.70. The third-order valence-corrected chi connectivity index (χ3v) is 2.65. The van der Waals surface area contributed by atoms with Gasteiger partial charge in [0, 0.05) is 20.1 Å². The van der Waals surface area contributed by atoms with Crippen LogP contribution < -0.4 is 11.3 Å². The number of ether oxygens (including phenoxy) is 2. The van der Waals surface area contributed by atoms with Gasteiger partial charge in [0.25, 0.3) is 0 Å². The summed E-state index contributed by atoms with van der Waals surface area (Å²) in [6.07, 6.45) is 2.27. The maximum atomic E-state index is 5.54. The van der Waals surface area contributed by atoms with Gasteiger partial charge >= 0.3 is 0 Å². The predicted octanol–water partition coefficient (Wildman–Crippen LogP) is -0.0285. The Kier molecular flexibility index (Phi) is 7.57. The molecule has 0 spiro atoms. The van der Waals surface area contributed by atoms with E-state index < -0.39 is 0 Å². The maximum absolute atomic E-state index is 5.54. The summed E-state index contributed by atoms with van der Waals surface area (Å²) >= 11 is 0. The lowest BCUT2D eigenvalue weighted by Gasteiger charge is -2.16. The van der Waals surface area contributed by atoms with E-state index >= 15 is 0 Å². The quantitative estimate of drug-likeness (QED) is 0.353. The van der Waals surface area contributed by atoms with Gasteiger partial charge in [0.1, 0.15) is 12.2 Å². The summed E-state index contributed by atoms with van der Waals surface area (Å²) in [4.78, 5) is 4.28. The van der Waals surface area contributed by atoms with Crippen molar-refractivity contribution in [2.75, 3.05) is 26.9 Å². The molecule has 19 heavy (non-hydrogen) atoms. The van der Waals surface area contributed by atoms with Gasteiger partial charge in [0.2, 0.25) is 0 Å². The number of methoxy groups -OCH3 is 1. The average molecular weight is 271 g/mol. The standard InChI is InChI=1S/C12H25N5O2/c1-10(2)7-17-12(14-9-15-17)6-11(16-13)8-19-5-4-18-3/h9-11,16H,4-8,13H2,1-3H3. The molecule has 0 amide bonds. The molecule has 0 aliphatic heterocycles. The molecule has 0 aromatic carbocycles. The number of hydrazine groups is 1. The monoisotopic (exact) mass is 271 g/mol. The van der Waals surface area contributed by atoms with Crippen molar-refractivity contribution in [1.29, 1.82) is 0 Å². The Hall–Kier alpha value is -1.02. The third-order valence-electron chi connectivity index (χ3n) is 2.65. The molecule has 1 aromatic heterocycles. The smallest absolute Gasteiger partial charge is 0.138 e. The van der Waals surface area contributed by atoms with Crippen LogP contribution in [-0.2, 0) is 22.4 Å². The van der Waals surface area contributed by atoms with Crippen LogP contribution in [0.2, 0.25) is 0 Å². The summed E-state index contributed by atoms with van der Waals surface area (Å²) in [5.41, 5.74) is 2.75. The Morgan fingerprint density at radius 2 is 2.21 bits per heavy atom. The number of nitrogens with two attached hydrogens (primary N) is 1. The second kappa shape index (κ2) is 8.98. The van der Waals surface area contributed by atoms with Gasteiger partial charge in [0.15, 0.2) is 0 Å². The molecule has 0 saturated heterocycles. The summed E-state index contributed by atoms with van der Waals surface area (Å²) < 4.78 is 12.3. The molecule has 0 aliphatic rings. The molecule has 1 rings (SSSR count). The molecule has 0 radical (unpaired) electrons. The number of nitrogens with zero attached hydrogens (tertiary/aromatic N) is 3. The Morgan fingerprint density at radius 3 is 2.84 bits per heavy atom. The predicted molar refractivity (Wildman–Crippen MR) is 72.4 cm³/mol. The van der Waals surface area contributed by atoms with Crippen molar-refractivity contribution >= 4 is 0 Å². The van der Waals surface area contributed by atoms with Crippen LogP contribution in [0, 0.1) is 5.92 Å². The fourth-order valence-electron chi connectivity index (χ4n) is 1.70. The molecular formula is C12H25N5O2. The largest absolute Gasteiger partial charge is 0.382 e. The van der Waals surface area contributed by atoms with Crippen molar-refractivity contribution < 1.29 is 9.47 Å². The molecule has 0 aliphatic carbocycles. The van der Waals surface area contributed by atoms with Crippen LogP contribution in [-0.4, -0.2) is 47.7 Å². The first-order chi connectivity index (χ1) is 9.17. The highest BCUT2D eigenvalue weighted by Crippen LogP contribution is 2.04. The molecule has 1 heterocycles. The molecule has 1 unspecified atom stereocenters. The molecule has 1 aromatic rings. The van der Waals surface area contributed by atoms with Crippen LogP contribution in [0.15, 0.2) is 6.33 Å². The molecule has 0 saturated carbocycles. The first-order valence-electron chi connectivity index (χ1n) is 6.56. The van der Waals surface area contributed by atoms with Crippen LogP contribution >= 0.6 is 0 Å². The minimum absolute atomic E-state index is 0.0203. The van der Waals surface area contributed by atoms with E-state index in [9.17, 15) is 0 Å². The van der Waals surface area contributed by atoms with Crippen molar-refractivity contribution in [3.05, 3.63) is 12.2 Å². The number of hydrogen-bond acceptors (Lipinski definition) is 6. The van der Waals surface area contributed by atoms with Crippen molar-refractivity contribution in [2.24, 2.45) is 11.8 Å². The topological polar surface area (TPSA) is 87.2 Å². The molecule has 7 nitrogen and oxygen atoms in total. The van der Waals surface area contributed by atoms with E-state index in [4.69, 9.17) is 15.3 Å². The van der Waals surface area contributed by atoms with Gasteiger partial charge in [-0.1, -0.05) is 13.8 Å². The summed E-state index contributed by atoms with van der Waals surface area (Å²) in [5, 5.41) is 4.23. The number of nitrogens with one attached hydrogen (secondary N) is 1. The van der Waals surface area contributed by atoms with E-state index in [-0.39, 0.29) is 6.04 Å². The number of rotatable bonds is 10. The Balaban J connectivity index is 2.44. The van der Waals surface area contributed by atoms with Gasteiger partial charge in [-0.15, -0.1) is 0 Å². The Morgan fingerprint density at radius 1 is 1.42 bits per heavy atom. The highest BCUT2D eigenvalue weighted by molar-refractivity contribution is 4.89. The number of aromatic nitrogens is 3. The summed E-state index contributed by atoms with van der Waals surface area (Å²) in [6.45, 7) is 6.83. The number of hydrogen-bond donors (Lipinski definition) is 2. The molecular weight excluding hydrogens is 246 g/mol. The van der Waals surface area contributed by atoms with E-state index in [1.165, 1.54) is 0 Å². The van der Waals surface area contributed by atoms with E-state index in [1.807, 2.05) is 4.68 Å². The zero-order chi connectivity index (χ0) is 14.1. The SMILES string of the molecule is COCCOCC(Cc1ncnn1CC(C)C)NN. The third kappa shape index (κ3) is 6.11. The lowest BCUT2D eigenvalue weighted by Crippen LogP contribution is -2.41. The zero-order valence-corrected chi connectivity index (χ0v) is 12.0. The zero-order valence-electron chi connectivity index (χ0n) is 12.0. The normalized spacial score (nSPS) is 13.1. The van der Waals surface area contributed by atoms with Crippen LogP contribution in [0.1, 0.15) is 19.7 Å². The molecule has 0 fully saturated rings. The van der Waals surface area contributed by atoms with Crippen LogP contribution in [0.4, 0.5) is 0 Å². The molecule has 1 atom stereocenters. The second-order valence-electron chi connectivity index (χ2n) is 4.89. The van der Waals surface area contributed by atoms with Gasteiger partial charge in [-0.2, -0.15) is 5.10 Å². The van der Waals surface area contributed by atoms with E-state index in [1.54, 1.807) is 13.4 Å². The minimum Gasteiger partial charge on any atom is -0.382 e. The molecule has 7 heteroatoms. The van der Waals surface area contributed by atoms with Crippen LogP contribution in [0.5, 0.6) is 0 Å².